The number of nitrogens with one attached hydrogen (secondary N) is 1. The van der Waals surface area contributed by atoms with Crippen LogP contribution in [0.25, 0.3) is 0 Å². The van der Waals surface area contributed by atoms with Crippen LogP contribution in [0.15, 0.2) is 10.6 Å². The van der Waals surface area contributed by atoms with Gasteiger partial charge in [-0.1, -0.05) is 13.8 Å². The molecule has 6 heteroatoms. The van der Waals surface area contributed by atoms with E-state index in [1.807, 2.05) is 13.8 Å². The Morgan fingerprint density at radius 3 is 2.16 bits per heavy atom. The molecule has 0 unspecified atom stereocenters. The molecule has 0 fully saturated rings. The molecule has 0 aliphatic rings. The second kappa shape index (κ2) is 7.53. The standard InChI is InChI=1S/C13H22BrNO4/c1-8(2)10(7-9(14)11(16)18-6)15-12(17)19-13(3,4)5/h7-8,10H,1-6H3,(H,15,17)/b9-7+/t10-/m1/s1. The number of carbonyl (C=O) groups is 2. The molecule has 0 saturated heterocycles. The Kier molecular flexibility index (Phi) is 7.11. The van der Waals surface area contributed by atoms with Crippen LogP contribution in [0.4, 0.5) is 4.79 Å². The zero-order valence-electron chi connectivity index (χ0n) is 12.2. The summed E-state index contributed by atoms with van der Waals surface area (Å²) in [6.45, 7) is 9.22. The Labute approximate surface area is 122 Å². The maximum Gasteiger partial charge on any atom is 0.408 e. The van der Waals surface area contributed by atoms with Crippen LogP contribution in [0.3, 0.4) is 0 Å². The second-order valence-electron chi connectivity index (χ2n) is 5.42. The monoisotopic (exact) mass is 335 g/mol. The Hall–Kier alpha value is -1.04. The van der Waals surface area contributed by atoms with E-state index in [1.165, 1.54) is 7.11 Å². The number of ether oxygens (including phenoxy) is 2. The van der Waals surface area contributed by atoms with Crippen molar-refractivity contribution in [1.82, 2.24) is 5.32 Å². The number of hydrogen-bond donors (Lipinski definition) is 1. The van der Waals surface area contributed by atoms with Crippen LogP contribution in [0.2, 0.25) is 0 Å². The van der Waals surface area contributed by atoms with Gasteiger partial charge in [-0.3, -0.25) is 0 Å². The summed E-state index contributed by atoms with van der Waals surface area (Å²) in [5.41, 5.74) is -0.561. The zero-order chi connectivity index (χ0) is 15.2. The van der Waals surface area contributed by atoms with E-state index >= 15 is 0 Å². The molecule has 0 saturated carbocycles. The van der Waals surface area contributed by atoms with Gasteiger partial charge in [0, 0.05) is 0 Å². The maximum absolute atomic E-state index is 11.7. The number of halogens is 1. The molecule has 1 N–H and O–H groups in total. The number of alkyl carbamates (subject to hydrolysis) is 1. The van der Waals surface area contributed by atoms with Gasteiger partial charge in [0.25, 0.3) is 0 Å². The summed E-state index contributed by atoms with van der Waals surface area (Å²) in [5.74, 6) is -0.388. The van der Waals surface area contributed by atoms with Gasteiger partial charge < -0.3 is 14.8 Å². The molecule has 0 rings (SSSR count). The molecule has 0 heterocycles. The topological polar surface area (TPSA) is 64.6 Å². The number of amides is 1. The molecule has 0 bridgehead atoms. The van der Waals surface area contributed by atoms with Crippen LogP contribution < -0.4 is 5.32 Å². The third-order valence-corrected chi connectivity index (χ3v) is 2.70. The highest BCUT2D eigenvalue weighted by Crippen LogP contribution is 2.14. The van der Waals surface area contributed by atoms with E-state index in [0.717, 1.165) is 0 Å². The van der Waals surface area contributed by atoms with Crippen LogP contribution in [-0.4, -0.2) is 30.8 Å². The number of rotatable bonds is 4. The van der Waals surface area contributed by atoms with E-state index < -0.39 is 17.7 Å². The van der Waals surface area contributed by atoms with Crippen LogP contribution in [0.5, 0.6) is 0 Å². The number of esters is 1. The molecule has 5 nitrogen and oxygen atoms in total. The van der Waals surface area contributed by atoms with Gasteiger partial charge >= 0.3 is 12.1 Å². The molecular weight excluding hydrogens is 314 g/mol. The number of hydrogen-bond acceptors (Lipinski definition) is 4. The van der Waals surface area contributed by atoms with Crippen molar-refractivity contribution < 1.29 is 19.1 Å². The fourth-order valence-corrected chi connectivity index (χ4v) is 1.61. The molecule has 1 atom stereocenters. The van der Waals surface area contributed by atoms with E-state index in [2.05, 4.69) is 26.0 Å². The summed E-state index contributed by atoms with van der Waals surface area (Å²) in [6.07, 6.45) is 1.08. The van der Waals surface area contributed by atoms with Crippen molar-refractivity contribution >= 4 is 28.0 Å². The Bertz CT molecular complexity index is 358. The Balaban J connectivity index is 4.77. The van der Waals surface area contributed by atoms with Crippen molar-refractivity contribution in [2.24, 2.45) is 5.92 Å². The fourth-order valence-electron chi connectivity index (χ4n) is 1.17. The number of methoxy groups -OCH3 is 1. The van der Waals surface area contributed by atoms with Crippen molar-refractivity contribution in [3.63, 3.8) is 0 Å². The summed E-state index contributed by atoms with van der Waals surface area (Å²) in [7, 11) is 1.29. The van der Waals surface area contributed by atoms with E-state index in [0.29, 0.717) is 0 Å². The van der Waals surface area contributed by atoms with Gasteiger partial charge in [-0.2, -0.15) is 0 Å². The van der Waals surface area contributed by atoms with Gasteiger partial charge in [-0.15, -0.1) is 0 Å². The molecule has 110 valence electrons. The molecule has 0 spiro atoms. The SMILES string of the molecule is COC(=O)/C(Br)=C\[C@@H](NC(=O)OC(C)(C)C)C(C)C. The van der Waals surface area contributed by atoms with Crippen molar-refractivity contribution in [3.8, 4) is 0 Å². The van der Waals surface area contributed by atoms with Crippen LogP contribution in [0.1, 0.15) is 34.6 Å². The first-order chi connectivity index (χ1) is 8.56. The first kappa shape index (κ1) is 18.0. The molecule has 1 amide bonds. The Morgan fingerprint density at radius 2 is 1.79 bits per heavy atom. The van der Waals surface area contributed by atoms with Gasteiger partial charge in [-0.25, -0.2) is 9.59 Å². The van der Waals surface area contributed by atoms with Crippen molar-refractivity contribution in [2.75, 3.05) is 7.11 Å². The summed E-state index contributed by atoms with van der Waals surface area (Å²) < 4.78 is 10.0. The van der Waals surface area contributed by atoms with Gasteiger partial charge in [-0.05, 0) is 48.7 Å². The molecule has 0 aromatic carbocycles. The summed E-state index contributed by atoms with van der Waals surface area (Å²) >= 11 is 3.12. The summed E-state index contributed by atoms with van der Waals surface area (Å²) in [5, 5.41) is 2.71. The lowest BCUT2D eigenvalue weighted by Gasteiger charge is -2.24. The lowest BCUT2D eigenvalue weighted by molar-refractivity contribution is -0.135. The fraction of sp³-hybridized carbons (Fsp3) is 0.692. The average molecular weight is 336 g/mol. The predicted molar refractivity (Wildman–Crippen MR) is 77.0 cm³/mol. The van der Waals surface area contributed by atoms with Gasteiger partial charge in [0.2, 0.25) is 0 Å². The summed E-state index contributed by atoms with van der Waals surface area (Å²) in [4.78, 5) is 23.0. The maximum atomic E-state index is 11.7. The van der Waals surface area contributed by atoms with Crippen molar-refractivity contribution in [3.05, 3.63) is 10.6 Å². The van der Waals surface area contributed by atoms with E-state index in [4.69, 9.17) is 4.74 Å². The van der Waals surface area contributed by atoms with Crippen LogP contribution >= 0.6 is 15.9 Å². The largest absolute Gasteiger partial charge is 0.465 e. The van der Waals surface area contributed by atoms with Crippen LogP contribution in [-0.2, 0) is 14.3 Å². The molecule has 0 aliphatic heterocycles. The van der Waals surface area contributed by atoms with Crippen molar-refractivity contribution in [1.29, 1.82) is 0 Å². The minimum Gasteiger partial charge on any atom is -0.465 e. The average Bonchev–Trinajstić information content (AvgIpc) is 2.24. The molecule has 0 aromatic heterocycles. The smallest absolute Gasteiger partial charge is 0.408 e. The molecule has 0 radical (unpaired) electrons. The Morgan fingerprint density at radius 1 is 1.26 bits per heavy atom. The number of carbonyl (C=O) groups excluding carboxylic acids is 2. The first-order valence-corrected chi connectivity index (χ1v) is 6.81. The zero-order valence-corrected chi connectivity index (χ0v) is 13.8. The van der Waals surface area contributed by atoms with Gasteiger partial charge in [0.1, 0.15) is 10.1 Å². The van der Waals surface area contributed by atoms with E-state index in [-0.39, 0.29) is 16.4 Å². The summed E-state index contributed by atoms with van der Waals surface area (Å²) in [6, 6.07) is -0.330. The minimum absolute atomic E-state index is 0.102. The normalized spacial score (nSPS) is 14.0. The highest BCUT2D eigenvalue weighted by molar-refractivity contribution is 9.12. The highest BCUT2D eigenvalue weighted by atomic mass is 79.9. The quantitative estimate of drug-likeness (QED) is 0.633. The van der Waals surface area contributed by atoms with Crippen molar-refractivity contribution in [2.45, 2.75) is 46.3 Å². The lowest BCUT2D eigenvalue weighted by Crippen LogP contribution is -2.41. The molecule has 0 aliphatic carbocycles. The molecule has 19 heavy (non-hydrogen) atoms. The second-order valence-corrected chi connectivity index (χ2v) is 6.28. The van der Waals surface area contributed by atoms with Gasteiger partial charge in [0.15, 0.2) is 0 Å². The third kappa shape index (κ3) is 7.87. The third-order valence-electron chi connectivity index (χ3n) is 2.11. The first-order valence-electron chi connectivity index (χ1n) is 6.02. The molecular formula is C13H22BrNO4. The predicted octanol–water partition coefficient (Wildman–Crippen LogP) is 2.99. The van der Waals surface area contributed by atoms with Gasteiger partial charge in [0.05, 0.1) is 13.2 Å². The van der Waals surface area contributed by atoms with E-state index in [9.17, 15) is 9.59 Å². The lowest BCUT2D eigenvalue weighted by atomic mass is 10.0. The minimum atomic E-state index is -0.561. The molecule has 0 aromatic rings. The van der Waals surface area contributed by atoms with Crippen LogP contribution in [0, 0.1) is 5.92 Å². The highest BCUT2D eigenvalue weighted by Gasteiger charge is 2.21. The van der Waals surface area contributed by atoms with E-state index in [1.54, 1.807) is 26.8 Å².